The molecule has 2 rings (SSSR count). The maximum atomic E-state index is 12.9. The molecule has 0 unspecified atom stereocenters. The van der Waals surface area contributed by atoms with E-state index in [0.29, 0.717) is 44.0 Å². The van der Waals surface area contributed by atoms with Gasteiger partial charge < -0.3 is 14.4 Å². The Hall–Kier alpha value is -1.92. The van der Waals surface area contributed by atoms with Crippen LogP contribution in [0.25, 0.3) is 0 Å². The molecule has 0 atom stereocenters. The smallest absolute Gasteiger partial charge is 0.416 e. The van der Waals surface area contributed by atoms with E-state index < -0.39 is 11.7 Å². The number of benzene rings is 1. The number of hydrogen-bond acceptors (Lipinski definition) is 4. The predicted octanol–water partition coefficient (Wildman–Crippen LogP) is 3.49. The molecular formula is C16H20F3NO3. The van der Waals surface area contributed by atoms with Gasteiger partial charge in [0, 0.05) is 13.1 Å². The van der Waals surface area contributed by atoms with E-state index in [0.717, 1.165) is 12.1 Å². The predicted molar refractivity (Wildman–Crippen MR) is 79.6 cm³/mol. The van der Waals surface area contributed by atoms with Gasteiger partial charge in [0.25, 0.3) is 0 Å². The SMILES string of the molecule is CCOC(=O)C1CCN(c2cc(C(F)(F)F)ccc2OC)CC1. The molecule has 7 heteroatoms. The number of esters is 1. The number of halogens is 3. The Morgan fingerprint density at radius 3 is 2.48 bits per heavy atom. The summed E-state index contributed by atoms with van der Waals surface area (Å²) < 4.78 is 48.9. The quantitative estimate of drug-likeness (QED) is 0.792. The number of nitrogens with zero attached hydrogens (tertiary/aromatic N) is 1. The highest BCUT2D eigenvalue weighted by molar-refractivity contribution is 5.73. The van der Waals surface area contributed by atoms with Crippen molar-refractivity contribution in [2.75, 3.05) is 31.7 Å². The lowest BCUT2D eigenvalue weighted by molar-refractivity contribution is -0.148. The Morgan fingerprint density at radius 1 is 1.30 bits per heavy atom. The zero-order valence-electron chi connectivity index (χ0n) is 13.2. The summed E-state index contributed by atoms with van der Waals surface area (Å²) in [5, 5.41) is 0. The third kappa shape index (κ3) is 4.09. The number of ether oxygens (including phenoxy) is 2. The standard InChI is InChI=1S/C16H20F3NO3/c1-3-23-15(21)11-6-8-20(9-7-11)13-10-12(16(17,18)19)4-5-14(13)22-2/h4-5,10-11H,3,6-9H2,1-2H3. The minimum absolute atomic E-state index is 0.192. The molecule has 1 saturated heterocycles. The molecule has 0 bridgehead atoms. The van der Waals surface area contributed by atoms with E-state index in [9.17, 15) is 18.0 Å². The minimum Gasteiger partial charge on any atom is -0.495 e. The van der Waals surface area contributed by atoms with Crippen LogP contribution in [0.1, 0.15) is 25.3 Å². The maximum absolute atomic E-state index is 12.9. The molecule has 0 aliphatic carbocycles. The maximum Gasteiger partial charge on any atom is 0.416 e. The first-order valence-electron chi connectivity index (χ1n) is 7.53. The topological polar surface area (TPSA) is 38.8 Å². The molecule has 0 radical (unpaired) electrons. The Bertz CT molecular complexity index is 552. The fourth-order valence-electron chi connectivity index (χ4n) is 2.73. The number of piperidine rings is 1. The lowest BCUT2D eigenvalue weighted by atomic mass is 9.96. The molecule has 0 spiro atoms. The highest BCUT2D eigenvalue weighted by Crippen LogP contribution is 2.38. The van der Waals surface area contributed by atoms with Crippen LogP contribution in [0.3, 0.4) is 0 Å². The summed E-state index contributed by atoms with van der Waals surface area (Å²) >= 11 is 0. The van der Waals surface area contributed by atoms with E-state index in [1.807, 2.05) is 4.90 Å². The zero-order valence-corrected chi connectivity index (χ0v) is 13.2. The lowest BCUT2D eigenvalue weighted by Crippen LogP contribution is -2.37. The highest BCUT2D eigenvalue weighted by Gasteiger charge is 2.33. The fraction of sp³-hybridized carbons (Fsp3) is 0.562. The van der Waals surface area contributed by atoms with Gasteiger partial charge in [0.05, 0.1) is 30.9 Å². The number of carbonyl (C=O) groups is 1. The molecule has 23 heavy (non-hydrogen) atoms. The third-order valence-corrected chi connectivity index (χ3v) is 3.96. The van der Waals surface area contributed by atoms with E-state index in [4.69, 9.17) is 9.47 Å². The second-order valence-corrected chi connectivity index (χ2v) is 5.40. The number of methoxy groups -OCH3 is 1. The molecule has 1 aliphatic heterocycles. The van der Waals surface area contributed by atoms with Crippen LogP contribution in [0.15, 0.2) is 18.2 Å². The highest BCUT2D eigenvalue weighted by atomic mass is 19.4. The summed E-state index contributed by atoms with van der Waals surface area (Å²) in [5.41, 5.74) is -0.301. The molecule has 0 N–H and O–H groups in total. The van der Waals surface area contributed by atoms with Crippen molar-refractivity contribution in [1.82, 2.24) is 0 Å². The molecule has 0 amide bonds. The van der Waals surface area contributed by atoms with Gasteiger partial charge in [0.15, 0.2) is 0 Å². The van der Waals surface area contributed by atoms with Gasteiger partial charge in [-0.15, -0.1) is 0 Å². The van der Waals surface area contributed by atoms with Crippen molar-refractivity contribution >= 4 is 11.7 Å². The molecule has 1 aromatic rings. The Kier molecular flexibility index (Phi) is 5.38. The van der Waals surface area contributed by atoms with E-state index in [-0.39, 0.29) is 11.9 Å². The average Bonchev–Trinajstić information content (AvgIpc) is 2.53. The van der Waals surface area contributed by atoms with E-state index in [2.05, 4.69) is 0 Å². The van der Waals surface area contributed by atoms with Crippen molar-refractivity contribution in [3.05, 3.63) is 23.8 Å². The first kappa shape index (κ1) is 17.4. The number of rotatable bonds is 4. The monoisotopic (exact) mass is 331 g/mol. The van der Waals surface area contributed by atoms with Crippen molar-refractivity contribution in [1.29, 1.82) is 0 Å². The molecule has 0 saturated carbocycles. The van der Waals surface area contributed by atoms with Crippen molar-refractivity contribution in [2.45, 2.75) is 25.9 Å². The van der Waals surface area contributed by atoms with Crippen LogP contribution < -0.4 is 9.64 Å². The van der Waals surface area contributed by atoms with E-state index in [1.165, 1.54) is 13.2 Å². The van der Waals surface area contributed by atoms with Crippen molar-refractivity contribution in [3.8, 4) is 5.75 Å². The molecule has 0 aromatic heterocycles. The molecule has 1 aliphatic rings. The number of hydrogen-bond donors (Lipinski definition) is 0. The van der Waals surface area contributed by atoms with Crippen molar-refractivity contribution < 1.29 is 27.4 Å². The minimum atomic E-state index is -4.40. The number of carbonyl (C=O) groups excluding carboxylic acids is 1. The van der Waals surface area contributed by atoms with Gasteiger partial charge in [0.1, 0.15) is 5.75 Å². The van der Waals surface area contributed by atoms with Crippen molar-refractivity contribution in [2.24, 2.45) is 5.92 Å². The van der Waals surface area contributed by atoms with Crippen LogP contribution in [-0.4, -0.2) is 32.8 Å². The fourth-order valence-corrected chi connectivity index (χ4v) is 2.73. The van der Waals surface area contributed by atoms with Gasteiger partial charge in [-0.25, -0.2) is 0 Å². The summed E-state index contributed by atoms with van der Waals surface area (Å²) in [7, 11) is 1.43. The van der Waals surface area contributed by atoms with Crippen LogP contribution in [0.2, 0.25) is 0 Å². The van der Waals surface area contributed by atoms with Crippen LogP contribution >= 0.6 is 0 Å². The molecule has 128 valence electrons. The Morgan fingerprint density at radius 2 is 1.96 bits per heavy atom. The van der Waals surface area contributed by atoms with Crippen LogP contribution in [-0.2, 0) is 15.7 Å². The van der Waals surface area contributed by atoms with Gasteiger partial charge in [-0.05, 0) is 38.0 Å². The Labute approximate surface area is 133 Å². The number of alkyl halides is 3. The summed E-state index contributed by atoms with van der Waals surface area (Å²) in [5.74, 6) is -0.0289. The molecule has 4 nitrogen and oxygen atoms in total. The first-order valence-corrected chi connectivity index (χ1v) is 7.53. The van der Waals surface area contributed by atoms with Gasteiger partial charge in [0.2, 0.25) is 0 Å². The van der Waals surface area contributed by atoms with Gasteiger partial charge in [-0.1, -0.05) is 0 Å². The molecule has 1 fully saturated rings. The summed E-state index contributed by atoms with van der Waals surface area (Å²) in [6.07, 6.45) is -3.29. The molecular weight excluding hydrogens is 311 g/mol. The van der Waals surface area contributed by atoms with Crippen LogP contribution in [0.5, 0.6) is 5.75 Å². The molecule has 1 heterocycles. The van der Waals surface area contributed by atoms with Crippen molar-refractivity contribution in [3.63, 3.8) is 0 Å². The second-order valence-electron chi connectivity index (χ2n) is 5.40. The van der Waals surface area contributed by atoms with E-state index >= 15 is 0 Å². The first-order chi connectivity index (χ1) is 10.9. The van der Waals surface area contributed by atoms with Crippen LogP contribution in [0, 0.1) is 5.92 Å². The van der Waals surface area contributed by atoms with Gasteiger partial charge >= 0.3 is 12.1 Å². The van der Waals surface area contributed by atoms with E-state index in [1.54, 1.807) is 6.92 Å². The van der Waals surface area contributed by atoms with Gasteiger partial charge in [-0.3, -0.25) is 4.79 Å². The third-order valence-electron chi connectivity index (χ3n) is 3.96. The lowest BCUT2D eigenvalue weighted by Gasteiger charge is -2.33. The summed E-state index contributed by atoms with van der Waals surface area (Å²) in [4.78, 5) is 13.6. The largest absolute Gasteiger partial charge is 0.495 e. The zero-order chi connectivity index (χ0) is 17.0. The molecule has 1 aromatic carbocycles. The summed E-state index contributed by atoms with van der Waals surface area (Å²) in [6, 6.07) is 3.44. The Balaban J connectivity index is 2.15. The second kappa shape index (κ2) is 7.10. The normalized spacial score (nSPS) is 16.3. The average molecular weight is 331 g/mol. The van der Waals surface area contributed by atoms with Gasteiger partial charge in [-0.2, -0.15) is 13.2 Å². The number of anilines is 1. The summed E-state index contributed by atoms with van der Waals surface area (Å²) in [6.45, 7) is 3.06. The van der Waals surface area contributed by atoms with Crippen LogP contribution in [0.4, 0.5) is 18.9 Å².